The van der Waals surface area contributed by atoms with Crippen LogP contribution in [0.15, 0.2) is 4.99 Å². The van der Waals surface area contributed by atoms with Gasteiger partial charge in [0.15, 0.2) is 0 Å². The summed E-state index contributed by atoms with van der Waals surface area (Å²) in [5.74, 6) is 1.04. The largest absolute Gasteiger partial charge is 0.368 e. The lowest BCUT2D eigenvalue weighted by molar-refractivity contribution is 0.232. The molecule has 2 saturated carbocycles. The summed E-state index contributed by atoms with van der Waals surface area (Å²) < 4.78 is 0. The van der Waals surface area contributed by atoms with Gasteiger partial charge in [0.25, 0.3) is 0 Å². The molecule has 2 rings (SSSR count). The molecule has 68 valence electrons. The lowest BCUT2D eigenvalue weighted by atomic mass is 10.0. The van der Waals surface area contributed by atoms with E-state index in [1.54, 1.807) is 0 Å². The molecule has 4 nitrogen and oxygen atoms in total. The zero-order valence-electron chi connectivity index (χ0n) is 7.08. The fourth-order valence-corrected chi connectivity index (χ4v) is 1.83. The van der Waals surface area contributed by atoms with Gasteiger partial charge in [-0.05, 0) is 37.0 Å². The van der Waals surface area contributed by atoms with E-state index < -0.39 is 0 Å². The molecule has 0 saturated heterocycles. The summed E-state index contributed by atoms with van der Waals surface area (Å²) in [6.07, 6.45) is 5.31. The minimum absolute atomic E-state index is 0.141. The first kappa shape index (κ1) is 7.86. The summed E-state index contributed by atoms with van der Waals surface area (Å²) >= 11 is 0. The van der Waals surface area contributed by atoms with Gasteiger partial charge in [-0.2, -0.15) is 0 Å². The van der Waals surface area contributed by atoms with Gasteiger partial charge in [0.2, 0.25) is 5.96 Å². The molecule has 0 aromatic rings. The van der Waals surface area contributed by atoms with Crippen molar-refractivity contribution < 1.29 is 5.21 Å². The highest BCUT2D eigenvalue weighted by Gasteiger charge is 2.53. The van der Waals surface area contributed by atoms with Crippen molar-refractivity contribution in [2.75, 3.05) is 6.54 Å². The molecule has 0 spiro atoms. The molecule has 2 aliphatic carbocycles. The Morgan fingerprint density at radius 3 is 2.67 bits per heavy atom. The van der Waals surface area contributed by atoms with Gasteiger partial charge in [-0.3, -0.25) is 10.2 Å². The molecule has 0 aromatic carbocycles. The Balaban J connectivity index is 1.86. The van der Waals surface area contributed by atoms with Crippen molar-refractivity contribution >= 4 is 5.96 Å². The Morgan fingerprint density at radius 1 is 1.58 bits per heavy atom. The molecule has 0 bridgehead atoms. The van der Waals surface area contributed by atoms with Gasteiger partial charge in [0.05, 0.1) is 0 Å². The summed E-state index contributed by atoms with van der Waals surface area (Å²) in [5, 5.41) is 8.40. The SMILES string of the molecule is NC(=NCC1(C2CC2)CC1)NO. The Bertz CT molecular complexity index is 206. The van der Waals surface area contributed by atoms with Crippen LogP contribution in [0.25, 0.3) is 0 Å². The van der Waals surface area contributed by atoms with E-state index in [2.05, 4.69) is 4.99 Å². The first-order chi connectivity index (χ1) is 5.77. The van der Waals surface area contributed by atoms with E-state index in [1.165, 1.54) is 25.7 Å². The number of hydrogen-bond donors (Lipinski definition) is 3. The number of nitrogens with two attached hydrogens (primary N) is 1. The van der Waals surface area contributed by atoms with Crippen molar-refractivity contribution in [3.63, 3.8) is 0 Å². The van der Waals surface area contributed by atoms with E-state index >= 15 is 0 Å². The van der Waals surface area contributed by atoms with Crippen LogP contribution in [0.2, 0.25) is 0 Å². The van der Waals surface area contributed by atoms with Crippen molar-refractivity contribution in [1.29, 1.82) is 0 Å². The zero-order valence-corrected chi connectivity index (χ0v) is 7.08. The van der Waals surface area contributed by atoms with Crippen LogP contribution in [0.5, 0.6) is 0 Å². The minimum atomic E-state index is 0.141. The molecule has 2 aliphatic rings. The van der Waals surface area contributed by atoms with Crippen molar-refractivity contribution in [1.82, 2.24) is 5.48 Å². The van der Waals surface area contributed by atoms with Gasteiger partial charge in [-0.1, -0.05) is 0 Å². The first-order valence-electron chi connectivity index (χ1n) is 4.47. The van der Waals surface area contributed by atoms with Gasteiger partial charge in [-0.25, -0.2) is 5.48 Å². The van der Waals surface area contributed by atoms with Crippen LogP contribution in [-0.4, -0.2) is 17.7 Å². The van der Waals surface area contributed by atoms with Crippen molar-refractivity contribution in [2.24, 2.45) is 22.1 Å². The number of nitrogens with one attached hydrogen (secondary N) is 1. The summed E-state index contributed by atoms with van der Waals surface area (Å²) in [6, 6.07) is 0. The molecule has 4 N–H and O–H groups in total. The molecule has 0 aromatic heterocycles. The third kappa shape index (κ3) is 1.39. The van der Waals surface area contributed by atoms with Crippen LogP contribution in [-0.2, 0) is 0 Å². The molecule has 4 heteroatoms. The van der Waals surface area contributed by atoms with Crippen LogP contribution < -0.4 is 11.2 Å². The molecule has 0 radical (unpaired) electrons. The maximum absolute atomic E-state index is 8.40. The topological polar surface area (TPSA) is 70.6 Å². The van der Waals surface area contributed by atoms with E-state index in [0.29, 0.717) is 5.41 Å². The lowest BCUT2D eigenvalue weighted by Crippen LogP contribution is -2.29. The third-order valence-electron chi connectivity index (χ3n) is 3.01. The van der Waals surface area contributed by atoms with Crippen LogP contribution in [0.3, 0.4) is 0 Å². The van der Waals surface area contributed by atoms with Gasteiger partial charge < -0.3 is 5.73 Å². The monoisotopic (exact) mass is 169 g/mol. The molecule has 12 heavy (non-hydrogen) atoms. The number of rotatable bonds is 3. The van der Waals surface area contributed by atoms with Gasteiger partial charge in [0.1, 0.15) is 0 Å². The average molecular weight is 169 g/mol. The molecule has 0 aliphatic heterocycles. The Hall–Kier alpha value is -0.770. The van der Waals surface area contributed by atoms with Gasteiger partial charge >= 0.3 is 0 Å². The fraction of sp³-hybridized carbons (Fsp3) is 0.875. The Morgan fingerprint density at radius 2 is 2.25 bits per heavy atom. The van der Waals surface area contributed by atoms with E-state index in [9.17, 15) is 0 Å². The van der Waals surface area contributed by atoms with E-state index in [1.807, 2.05) is 5.48 Å². The minimum Gasteiger partial charge on any atom is -0.368 e. The lowest BCUT2D eigenvalue weighted by Gasteiger charge is -2.09. The standard InChI is InChI=1S/C8H15N3O/c9-7(11-12)10-5-8(3-4-8)6-1-2-6/h6,12H,1-5H2,(H3,9,10,11). The van der Waals surface area contributed by atoms with E-state index in [-0.39, 0.29) is 5.96 Å². The maximum atomic E-state index is 8.40. The molecular weight excluding hydrogens is 154 g/mol. The Kier molecular flexibility index (Phi) is 1.72. The van der Waals surface area contributed by atoms with Gasteiger partial charge in [0, 0.05) is 6.54 Å². The molecule has 0 amide bonds. The highest BCUT2D eigenvalue weighted by atomic mass is 16.5. The number of guanidine groups is 1. The van der Waals surface area contributed by atoms with Crippen LogP contribution in [0, 0.1) is 11.3 Å². The van der Waals surface area contributed by atoms with E-state index in [4.69, 9.17) is 10.9 Å². The number of hydrogen-bond acceptors (Lipinski definition) is 2. The first-order valence-corrected chi connectivity index (χ1v) is 4.47. The zero-order chi connectivity index (χ0) is 8.60. The normalized spacial score (nSPS) is 26.9. The van der Waals surface area contributed by atoms with Crippen molar-refractivity contribution in [3.05, 3.63) is 0 Å². The molecule has 0 unspecified atom stereocenters. The van der Waals surface area contributed by atoms with Crippen LogP contribution in [0.4, 0.5) is 0 Å². The Labute approximate surface area is 71.8 Å². The van der Waals surface area contributed by atoms with Crippen molar-refractivity contribution in [3.8, 4) is 0 Å². The van der Waals surface area contributed by atoms with Crippen LogP contribution >= 0.6 is 0 Å². The number of aliphatic imine (C=N–C) groups is 1. The smallest absolute Gasteiger partial charge is 0.212 e. The number of hydroxylamine groups is 1. The third-order valence-corrected chi connectivity index (χ3v) is 3.01. The summed E-state index contributed by atoms with van der Waals surface area (Å²) in [5.41, 5.74) is 7.64. The van der Waals surface area contributed by atoms with Gasteiger partial charge in [-0.15, -0.1) is 0 Å². The summed E-state index contributed by atoms with van der Waals surface area (Å²) in [4.78, 5) is 4.07. The molecule has 0 heterocycles. The highest BCUT2D eigenvalue weighted by molar-refractivity contribution is 5.76. The summed E-state index contributed by atoms with van der Waals surface area (Å²) in [7, 11) is 0. The molecule has 2 fully saturated rings. The predicted octanol–water partition coefficient (Wildman–Crippen LogP) is 0.470. The highest BCUT2D eigenvalue weighted by Crippen LogP contribution is 2.61. The predicted molar refractivity (Wildman–Crippen MR) is 45.8 cm³/mol. The quantitative estimate of drug-likeness (QED) is 0.327. The second kappa shape index (κ2) is 2.62. The molecular formula is C8H15N3O. The van der Waals surface area contributed by atoms with Crippen LogP contribution in [0.1, 0.15) is 25.7 Å². The average Bonchev–Trinajstić information content (AvgIpc) is 2.88. The molecule has 0 atom stereocenters. The van der Waals surface area contributed by atoms with E-state index in [0.717, 1.165) is 12.5 Å². The second-order valence-corrected chi connectivity index (χ2v) is 3.95. The maximum Gasteiger partial charge on any atom is 0.212 e. The number of nitrogens with zero attached hydrogens (tertiary/aromatic N) is 1. The second-order valence-electron chi connectivity index (χ2n) is 3.95. The fourth-order valence-electron chi connectivity index (χ4n) is 1.83. The van der Waals surface area contributed by atoms with Crippen molar-refractivity contribution in [2.45, 2.75) is 25.7 Å². The summed E-state index contributed by atoms with van der Waals surface area (Å²) in [6.45, 7) is 0.789.